The molecule has 0 saturated heterocycles. The summed E-state index contributed by atoms with van der Waals surface area (Å²) in [6.07, 6.45) is 0. The average Bonchev–Trinajstić information content (AvgIpc) is 2.46. The zero-order valence-electron chi connectivity index (χ0n) is 14.8. The lowest BCUT2D eigenvalue weighted by Gasteiger charge is -2.35. The SMILES string of the molecule is CC(C)(C)[Si](C)(C)OC(=O)c1cc(-c2ccccc2)c(O)cc1O. The molecule has 0 atom stereocenters. The molecule has 0 aliphatic heterocycles. The molecule has 2 aromatic carbocycles. The summed E-state index contributed by atoms with van der Waals surface area (Å²) in [5.41, 5.74) is 1.31. The number of hydrogen-bond acceptors (Lipinski definition) is 4. The van der Waals surface area contributed by atoms with Crippen LogP contribution < -0.4 is 0 Å². The number of phenols is 2. The minimum Gasteiger partial charge on any atom is -0.516 e. The largest absolute Gasteiger partial charge is 0.516 e. The first-order valence-corrected chi connectivity index (χ1v) is 10.8. The molecule has 0 bridgehead atoms. The summed E-state index contributed by atoms with van der Waals surface area (Å²) < 4.78 is 5.76. The van der Waals surface area contributed by atoms with Gasteiger partial charge in [0.05, 0.1) is 0 Å². The topological polar surface area (TPSA) is 66.8 Å². The average molecular weight is 344 g/mol. The second-order valence-corrected chi connectivity index (χ2v) is 12.1. The highest BCUT2D eigenvalue weighted by Gasteiger charge is 2.41. The van der Waals surface area contributed by atoms with E-state index in [1.165, 1.54) is 12.1 Å². The molecule has 0 heterocycles. The number of aromatic hydroxyl groups is 2. The van der Waals surface area contributed by atoms with Crippen LogP contribution in [0.2, 0.25) is 18.1 Å². The van der Waals surface area contributed by atoms with Crippen LogP contribution in [0.4, 0.5) is 0 Å². The summed E-state index contributed by atoms with van der Waals surface area (Å²) in [6.45, 7) is 10.1. The van der Waals surface area contributed by atoms with E-state index in [-0.39, 0.29) is 22.1 Å². The fourth-order valence-corrected chi connectivity index (χ4v) is 2.91. The van der Waals surface area contributed by atoms with Gasteiger partial charge >= 0.3 is 5.97 Å². The van der Waals surface area contributed by atoms with Gasteiger partial charge in [0.25, 0.3) is 8.32 Å². The predicted octanol–water partition coefficient (Wildman–Crippen LogP) is 4.93. The molecule has 0 radical (unpaired) electrons. The maximum Gasteiger partial charge on any atom is 0.328 e. The van der Waals surface area contributed by atoms with E-state index in [9.17, 15) is 15.0 Å². The first-order valence-electron chi connectivity index (χ1n) is 7.87. The standard InChI is InChI=1S/C19H24O4Si/c1-19(2,3)24(4,5)23-18(22)15-11-14(16(20)12-17(15)21)13-9-7-6-8-10-13/h6-12,20-21H,1-5H3. The van der Waals surface area contributed by atoms with Crippen molar-refractivity contribution < 1.29 is 19.4 Å². The Morgan fingerprint density at radius 1 is 1.00 bits per heavy atom. The molecule has 0 unspecified atom stereocenters. The van der Waals surface area contributed by atoms with Crippen molar-refractivity contribution in [1.82, 2.24) is 0 Å². The van der Waals surface area contributed by atoms with E-state index in [2.05, 4.69) is 0 Å². The lowest BCUT2D eigenvalue weighted by atomic mass is 10.0. The summed E-state index contributed by atoms with van der Waals surface area (Å²) in [5.74, 6) is -0.922. The number of benzene rings is 2. The van der Waals surface area contributed by atoms with Crippen molar-refractivity contribution in [2.24, 2.45) is 0 Å². The van der Waals surface area contributed by atoms with Gasteiger partial charge in [-0.2, -0.15) is 0 Å². The minimum atomic E-state index is -2.31. The van der Waals surface area contributed by atoms with Gasteiger partial charge in [0.15, 0.2) is 0 Å². The number of carbonyl (C=O) groups excluding carboxylic acids is 1. The zero-order chi connectivity index (χ0) is 18.1. The normalized spacial score (nSPS) is 12.0. The van der Waals surface area contributed by atoms with Crippen LogP contribution in [0.15, 0.2) is 42.5 Å². The summed E-state index contributed by atoms with van der Waals surface area (Å²) in [5, 5.41) is 20.1. The van der Waals surface area contributed by atoms with Crippen LogP contribution in [0.5, 0.6) is 11.5 Å². The van der Waals surface area contributed by atoms with Crippen LogP contribution in [0.3, 0.4) is 0 Å². The smallest absolute Gasteiger partial charge is 0.328 e. The molecule has 24 heavy (non-hydrogen) atoms. The summed E-state index contributed by atoms with van der Waals surface area (Å²) in [6, 6.07) is 11.9. The molecule has 0 fully saturated rings. The van der Waals surface area contributed by atoms with Crippen molar-refractivity contribution in [2.45, 2.75) is 38.9 Å². The first kappa shape index (κ1) is 18.1. The molecule has 2 N–H and O–H groups in total. The third-order valence-electron chi connectivity index (χ3n) is 4.57. The Labute approximate surface area is 143 Å². The van der Waals surface area contributed by atoms with E-state index in [1.54, 1.807) is 0 Å². The van der Waals surface area contributed by atoms with E-state index in [4.69, 9.17) is 4.43 Å². The molecule has 0 amide bonds. The van der Waals surface area contributed by atoms with Crippen molar-refractivity contribution >= 4 is 14.3 Å². The molecule has 0 spiro atoms. The van der Waals surface area contributed by atoms with Crippen LogP contribution in [-0.4, -0.2) is 24.5 Å². The molecule has 5 heteroatoms. The van der Waals surface area contributed by atoms with Gasteiger partial charge in [-0.25, -0.2) is 4.79 Å². The summed E-state index contributed by atoms with van der Waals surface area (Å²) >= 11 is 0. The van der Waals surface area contributed by atoms with E-state index < -0.39 is 14.3 Å². The molecular weight excluding hydrogens is 320 g/mol. The number of phenolic OH excluding ortho intramolecular Hbond substituents is 2. The maximum atomic E-state index is 12.6. The van der Waals surface area contributed by atoms with E-state index in [1.807, 2.05) is 64.2 Å². The molecule has 2 aromatic rings. The van der Waals surface area contributed by atoms with Crippen molar-refractivity contribution in [1.29, 1.82) is 0 Å². The molecule has 4 nitrogen and oxygen atoms in total. The van der Waals surface area contributed by atoms with E-state index in [0.29, 0.717) is 5.56 Å². The van der Waals surface area contributed by atoms with Crippen molar-refractivity contribution in [2.75, 3.05) is 0 Å². The quantitative estimate of drug-likeness (QED) is 0.775. The van der Waals surface area contributed by atoms with Crippen molar-refractivity contribution in [3.05, 3.63) is 48.0 Å². The van der Waals surface area contributed by atoms with Crippen LogP contribution in [0.1, 0.15) is 31.1 Å². The molecule has 0 aliphatic rings. The predicted molar refractivity (Wildman–Crippen MR) is 97.8 cm³/mol. The van der Waals surface area contributed by atoms with Gasteiger partial charge in [0.1, 0.15) is 17.1 Å². The van der Waals surface area contributed by atoms with Crippen molar-refractivity contribution in [3.8, 4) is 22.6 Å². The molecule has 0 aromatic heterocycles. The third-order valence-corrected chi connectivity index (χ3v) is 8.88. The molecule has 128 valence electrons. The van der Waals surface area contributed by atoms with E-state index in [0.717, 1.165) is 5.56 Å². The lowest BCUT2D eigenvalue weighted by Crippen LogP contribution is -2.42. The van der Waals surface area contributed by atoms with Gasteiger partial charge in [-0.1, -0.05) is 51.1 Å². The molecule has 0 aliphatic carbocycles. The minimum absolute atomic E-state index is 0.0662. The van der Waals surface area contributed by atoms with Crippen LogP contribution in [-0.2, 0) is 4.43 Å². The summed E-state index contributed by atoms with van der Waals surface area (Å²) in [7, 11) is -2.31. The number of hydrogen-bond donors (Lipinski definition) is 2. The Bertz CT molecular complexity index is 746. The van der Waals surface area contributed by atoms with Crippen molar-refractivity contribution in [3.63, 3.8) is 0 Å². The van der Waals surface area contributed by atoms with Gasteiger partial charge in [-0.15, -0.1) is 0 Å². The fraction of sp³-hybridized carbons (Fsp3) is 0.316. The Balaban J connectivity index is 2.43. The zero-order valence-corrected chi connectivity index (χ0v) is 15.8. The van der Waals surface area contributed by atoms with E-state index >= 15 is 0 Å². The third kappa shape index (κ3) is 3.62. The molecular formula is C19H24O4Si. The number of carbonyl (C=O) groups is 1. The first-order chi connectivity index (χ1) is 11.0. The second-order valence-electron chi connectivity index (χ2n) is 7.40. The van der Waals surface area contributed by atoms with Gasteiger partial charge < -0.3 is 14.6 Å². The Morgan fingerprint density at radius 2 is 1.58 bits per heavy atom. The highest BCUT2D eigenvalue weighted by atomic mass is 28.4. The Kier molecular flexibility index (Phi) is 4.76. The maximum absolute atomic E-state index is 12.6. The highest BCUT2D eigenvalue weighted by Crippen LogP contribution is 2.39. The monoisotopic (exact) mass is 344 g/mol. The lowest BCUT2D eigenvalue weighted by molar-refractivity contribution is 0.0709. The van der Waals surface area contributed by atoms with Gasteiger partial charge in [-0.3, -0.25) is 0 Å². The molecule has 2 rings (SSSR count). The Morgan fingerprint density at radius 3 is 2.12 bits per heavy atom. The van der Waals surface area contributed by atoms with Gasteiger partial charge in [-0.05, 0) is 29.8 Å². The number of rotatable bonds is 3. The molecule has 0 saturated carbocycles. The van der Waals surface area contributed by atoms with Crippen LogP contribution in [0.25, 0.3) is 11.1 Å². The fourth-order valence-electron chi connectivity index (χ4n) is 2.03. The summed E-state index contributed by atoms with van der Waals surface area (Å²) in [4.78, 5) is 12.6. The van der Waals surface area contributed by atoms with Gasteiger partial charge in [0.2, 0.25) is 0 Å². The highest BCUT2D eigenvalue weighted by molar-refractivity contribution is 6.75. The van der Waals surface area contributed by atoms with Crippen LogP contribution >= 0.6 is 0 Å². The van der Waals surface area contributed by atoms with Gasteiger partial charge in [0, 0.05) is 11.6 Å². The van der Waals surface area contributed by atoms with Crippen LogP contribution in [0, 0.1) is 0 Å². The Hall–Kier alpha value is -2.27. The second kappa shape index (κ2) is 6.32.